The van der Waals surface area contributed by atoms with Gasteiger partial charge in [-0.25, -0.2) is 0 Å². The summed E-state index contributed by atoms with van der Waals surface area (Å²) in [7, 11) is 0. The van der Waals surface area contributed by atoms with Gasteiger partial charge in [0.15, 0.2) is 5.78 Å². The number of benzene rings is 1. The summed E-state index contributed by atoms with van der Waals surface area (Å²) in [5, 5.41) is -1.25. The second-order valence-corrected chi connectivity index (χ2v) is 5.32. The quantitative estimate of drug-likeness (QED) is 0.430. The van der Waals surface area contributed by atoms with Crippen molar-refractivity contribution in [1.82, 2.24) is 0 Å². The van der Waals surface area contributed by atoms with Gasteiger partial charge >= 0.3 is 11.9 Å². The number of thioether (sulfide) groups is 1. The Morgan fingerprint density at radius 2 is 1.81 bits per heavy atom. The molecule has 1 aromatic rings. The van der Waals surface area contributed by atoms with Gasteiger partial charge in [0.05, 0.1) is 4.90 Å². The second-order valence-electron chi connectivity index (χ2n) is 3.77. The van der Waals surface area contributed by atoms with E-state index in [0.717, 1.165) is 19.1 Å². The molecule has 21 heavy (non-hydrogen) atoms. The van der Waals surface area contributed by atoms with E-state index in [1.807, 2.05) is 0 Å². The van der Waals surface area contributed by atoms with Crippen LogP contribution in [0.25, 0.3) is 0 Å². The smallest absolute Gasteiger partial charge is 0.405 e. The molecule has 0 aliphatic carbocycles. The number of carbonyl (C=O) groups excluding carboxylic acids is 1. The molecule has 0 aliphatic heterocycles. The number of rotatable bonds is 4. The Hall–Kier alpha value is -1.09. The monoisotopic (exact) mass is 352 g/mol. The molecule has 1 unspecified atom stereocenters. The van der Waals surface area contributed by atoms with Gasteiger partial charge in [0.1, 0.15) is 11.1 Å². The van der Waals surface area contributed by atoms with Gasteiger partial charge in [-0.05, 0) is 36.4 Å². The van der Waals surface area contributed by atoms with Crippen LogP contribution in [-0.2, 0) is 4.79 Å². The molecular formula is C11H7ClF6O2S. The highest BCUT2D eigenvalue weighted by Crippen LogP contribution is 2.44. The van der Waals surface area contributed by atoms with E-state index in [1.165, 1.54) is 0 Å². The van der Waals surface area contributed by atoms with E-state index in [1.54, 1.807) is 0 Å². The summed E-state index contributed by atoms with van der Waals surface area (Å²) in [6, 6.07) is 2.44. The van der Waals surface area contributed by atoms with Crippen LogP contribution in [-0.4, -0.2) is 17.7 Å². The van der Waals surface area contributed by atoms with Crippen LogP contribution in [0.1, 0.15) is 17.9 Å². The van der Waals surface area contributed by atoms with Crippen LogP contribution in [0.4, 0.5) is 26.3 Å². The number of ether oxygens (including phenoxy) is 1. The van der Waals surface area contributed by atoms with Crippen molar-refractivity contribution < 1.29 is 35.9 Å². The van der Waals surface area contributed by atoms with Crippen molar-refractivity contribution in [1.29, 1.82) is 0 Å². The molecule has 0 aliphatic rings. The maximum Gasteiger partial charge on any atom is 0.573 e. The molecular weight excluding hydrogens is 346 g/mol. The van der Waals surface area contributed by atoms with Crippen molar-refractivity contribution in [2.45, 2.75) is 29.1 Å². The summed E-state index contributed by atoms with van der Waals surface area (Å²) in [6.07, 6.45) is -5.14. The van der Waals surface area contributed by atoms with Gasteiger partial charge in [-0.3, -0.25) is 4.79 Å². The van der Waals surface area contributed by atoms with Crippen LogP contribution in [0, 0.1) is 0 Å². The zero-order valence-electron chi connectivity index (χ0n) is 10.2. The summed E-state index contributed by atoms with van der Waals surface area (Å²) < 4.78 is 77.1. The maximum atomic E-state index is 12.4. The molecule has 2 nitrogen and oxygen atoms in total. The van der Waals surface area contributed by atoms with Gasteiger partial charge in [-0.2, -0.15) is 13.2 Å². The number of carbonyl (C=O) groups is 1. The molecule has 0 aromatic heterocycles. The van der Waals surface area contributed by atoms with Gasteiger partial charge in [0.2, 0.25) is 0 Å². The average Bonchev–Trinajstić information content (AvgIpc) is 2.26. The third kappa shape index (κ3) is 6.04. The minimum atomic E-state index is -5.14. The summed E-state index contributed by atoms with van der Waals surface area (Å²) in [5.74, 6) is -1.56. The van der Waals surface area contributed by atoms with E-state index in [9.17, 15) is 31.1 Å². The van der Waals surface area contributed by atoms with Crippen LogP contribution in [0.2, 0.25) is 0 Å². The Bertz CT molecular complexity index is 528. The van der Waals surface area contributed by atoms with Crippen LogP contribution >= 0.6 is 23.4 Å². The van der Waals surface area contributed by atoms with Gasteiger partial charge in [-0.15, -0.1) is 24.8 Å². The second kappa shape index (κ2) is 6.35. The van der Waals surface area contributed by atoms with E-state index >= 15 is 0 Å². The minimum absolute atomic E-state index is 0.0505. The Morgan fingerprint density at radius 3 is 2.24 bits per heavy atom. The minimum Gasteiger partial charge on any atom is -0.405 e. The Kier molecular flexibility index (Phi) is 5.43. The molecule has 0 radical (unpaired) electrons. The number of alkyl halides is 7. The van der Waals surface area contributed by atoms with Crippen molar-refractivity contribution in [3.05, 3.63) is 23.8 Å². The zero-order valence-corrected chi connectivity index (χ0v) is 11.8. The number of hydrogen-bond donors (Lipinski definition) is 0. The van der Waals surface area contributed by atoms with Crippen molar-refractivity contribution in [3.8, 4) is 5.75 Å². The molecule has 0 amide bonds. The molecule has 0 saturated carbocycles. The van der Waals surface area contributed by atoms with E-state index in [2.05, 4.69) is 4.74 Å². The largest absolute Gasteiger partial charge is 0.573 e. The molecule has 1 atom stereocenters. The highest BCUT2D eigenvalue weighted by atomic mass is 35.5. The summed E-state index contributed by atoms with van der Waals surface area (Å²) >= 11 is 4.88. The van der Waals surface area contributed by atoms with Crippen molar-refractivity contribution in [2.75, 3.05) is 0 Å². The number of Topliss-reactive ketones (excluding diaryl/α,β-unsaturated/α-hetero) is 1. The topological polar surface area (TPSA) is 26.3 Å². The van der Waals surface area contributed by atoms with E-state index < -0.39 is 45.4 Å². The normalized spacial score (nSPS) is 13.9. The van der Waals surface area contributed by atoms with E-state index in [0.29, 0.717) is 6.07 Å². The first kappa shape index (κ1) is 18.0. The standard InChI is InChI=1S/C11H7ClF6O2S/c1-5(19)9(12)6-2-3-7(20-10(13,14)15)8(4-6)21-11(16,17)18/h2-4,9H,1H3. The van der Waals surface area contributed by atoms with Gasteiger partial charge in [0, 0.05) is 0 Å². The lowest BCUT2D eigenvalue weighted by Gasteiger charge is -2.16. The lowest BCUT2D eigenvalue weighted by atomic mass is 10.1. The molecule has 10 heteroatoms. The van der Waals surface area contributed by atoms with Gasteiger partial charge < -0.3 is 4.74 Å². The van der Waals surface area contributed by atoms with Gasteiger partial charge in [0.25, 0.3) is 0 Å². The summed E-state index contributed by atoms with van der Waals surface area (Å²) in [6.45, 7) is 1.11. The molecule has 0 spiro atoms. The predicted molar refractivity (Wildman–Crippen MR) is 64.3 cm³/mol. The molecule has 118 valence electrons. The highest BCUT2D eigenvalue weighted by Gasteiger charge is 2.36. The first-order valence-electron chi connectivity index (χ1n) is 5.19. The van der Waals surface area contributed by atoms with Crippen molar-refractivity contribution in [2.24, 2.45) is 0 Å². The molecule has 1 rings (SSSR count). The molecule has 0 bridgehead atoms. The molecule has 0 fully saturated rings. The fourth-order valence-corrected chi connectivity index (χ4v) is 2.12. The Morgan fingerprint density at radius 1 is 1.24 bits per heavy atom. The van der Waals surface area contributed by atoms with E-state index in [4.69, 9.17) is 11.6 Å². The zero-order chi connectivity index (χ0) is 16.4. The Labute approximate surface area is 124 Å². The van der Waals surface area contributed by atoms with Crippen molar-refractivity contribution >= 4 is 29.1 Å². The maximum absolute atomic E-state index is 12.4. The van der Waals surface area contributed by atoms with Gasteiger partial charge in [-0.1, -0.05) is 6.07 Å². The summed E-state index contributed by atoms with van der Waals surface area (Å²) in [5.41, 5.74) is -4.87. The Balaban J connectivity index is 3.23. The number of ketones is 1. The molecule has 1 aromatic carbocycles. The first-order chi connectivity index (χ1) is 9.39. The third-order valence-electron chi connectivity index (χ3n) is 2.07. The highest BCUT2D eigenvalue weighted by molar-refractivity contribution is 8.00. The lowest BCUT2D eigenvalue weighted by Crippen LogP contribution is -2.18. The third-order valence-corrected chi connectivity index (χ3v) is 3.40. The number of hydrogen-bond acceptors (Lipinski definition) is 3. The summed E-state index contributed by atoms with van der Waals surface area (Å²) in [4.78, 5) is 10.3. The first-order valence-corrected chi connectivity index (χ1v) is 6.44. The molecule has 0 N–H and O–H groups in total. The number of halogens is 7. The van der Waals surface area contributed by atoms with Crippen LogP contribution in [0.5, 0.6) is 5.75 Å². The fraction of sp³-hybridized carbons (Fsp3) is 0.364. The SMILES string of the molecule is CC(=O)C(Cl)c1ccc(OC(F)(F)F)c(SC(F)(F)F)c1. The lowest BCUT2D eigenvalue weighted by molar-refractivity contribution is -0.275. The van der Waals surface area contributed by atoms with E-state index in [-0.39, 0.29) is 5.56 Å². The molecule has 0 heterocycles. The van der Waals surface area contributed by atoms with Crippen LogP contribution in [0.15, 0.2) is 23.1 Å². The molecule has 0 saturated heterocycles. The van der Waals surface area contributed by atoms with Crippen LogP contribution in [0.3, 0.4) is 0 Å². The fourth-order valence-electron chi connectivity index (χ4n) is 1.33. The van der Waals surface area contributed by atoms with Crippen molar-refractivity contribution in [3.63, 3.8) is 0 Å². The average molecular weight is 353 g/mol. The predicted octanol–water partition coefficient (Wildman–Crippen LogP) is 5.07. The van der Waals surface area contributed by atoms with Crippen LogP contribution < -0.4 is 4.74 Å².